The normalized spacial score (nSPS) is 16.2. The highest BCUT2D eigenvalue weighted by molar-refractivity contribution is 5.91. The molecule has 0 bridgehead atoms. The van der Waals surface area contributed by atoms with Crippen molar-refractivity contribution in [3.8, 4) is 0 Å². The van der Waals surface area contributed by atoms with E-state index in [1.807, 2.05) is 5.32 Å². The van der Waals surface area contributed by atoms with Gasteiger partial charge in [0.05, 0.1) is 0 Å². The zero-order valence-electron chi connectivity index (χ0n) is 13.4. The molecule has 1 saturated heterocycles. The largest absolute Gasteiger partial charge is 0.471 e. The number of nitrogens with zero attached hydrogens (tertiary/aromatic N) is 1. The van der Waals surface area contributed by atoms with Gasteiger partial charge >= 0.3 is 12.1 Å². The lowest BCUT2D eigenvalue weighted by atomic mass is 9.96. The van der Waals surface area contributed by atoms with E-state index in [1.165, 1.54) is 18.2 Å². The highest BCUT2D eigenvalue weighted by Gasteiger charge is 2.38. The Morgan fingerprint density at radius 3 is 2.32 bits per heavy atom. The number of alkyl halides is 3. The molecule has 136 valence electrons. The average molecular weight is 358 g/mol. The third-order valence-corrected chi connectivity index (χ3v) is 4.02. The van der Waals surface area contributed by atoms with Crippen molar-refractivity contribution >= 4 is 17.9 Å². The standard InChI is InChI=1S/C17H18F4N2O2/c18-14-4-1-12(2-5-14)3-6-15(24)23-9-7-13(8-10-23)11-22-16(25)17(19,20)21/h1-6,13H,7-11H2,(H,22,25)/b6-3+. The molecule has 0 unspecified atom stereocenters. The van der Waals surface area contributed by atoms with E-state index in [0.29, 0.717) is 31.5 Å². The summed E-state index contributed by atoms with van der Waals surface area (Å²) in [7, 11) is 0. The Kier molecular flexibility index (Phi) is 6.17. The first-order valence-electron chi connectivity index (χ1n) is 7.83. The zero-order valence-corrected chi connectivity index (χ0v) is 13.4. The lowest BCUT2D eigenvalue weighted by molar-refractivity contribution is -0.173. The third kappa shape index (κ3) is 5.88. The molecule has 1 fully saturated rings. The molecule has 0 saturated carbocycles. The van der Waals surface area contributed by atoms with Crippen LogP contribution in [0.15, 0.2) is 30.3 Å². The van der Waals surface area contributed by atoms with Crippen molar-refractivity contribution in [2.24, 2.45) is 5.92 Å². The fraction of sp³-hybridized carbons (Fsp3) is 0.412. The summed E-state index contributed by atoms with van der Waals surface area (Å²) in [5.74, 6) is -2.59. The molecule has 0 atom stereocenters. The molecule has 1 N–H and O–H groups in total. The van der Waals surface area contributed by atoms with Gasteiger partial charge in [0.1, 0.15) is 5.82 Å². The number of benzene rings is 1. The summed E-state index contributed by atoms with van der Waals surface area (Å²) in [4.78, 5) is 24.5. The number of nitrogens with one attached hydrogen (secondary N) is 1. The van der Waals surface area contributed by atoms with Crippen LogP contribution < -0.4 is 5.32 Å². The van der Waals surface area contributed by atoms with Gasteiger partial charge in [-0.2, -0.15) is 13.2 Å². The van der Waals surface area contributed by atoms with E-state index < -0.39 is 12.1 Å². The van der Waals surface area contributed by atoms with Gasteiger partial charge in [-0.05, 0) is 42.5 Å². The van der Waals surface area contributed by atoms with Crippen molar-refractivity contribution in [2.75, 3.05) is 19.6 Å². The molecule has 8 heteroatoms. The fourth-order valence-electron chi connectivity index (χ4n) is 2.54. The minimum atomic E-state index is -4.87. The van der Waals surface area contributed by atoms with E-state index in [4.69, 9.17) is 0 Å². The van der Waals surface area contributed by atoms with Gasteiger partial charge in [-0.1, -0.05) is 12.1 Å². The van der Waals surface area contributed by atoms with Crippen LogP contribution in [0.3, 0.4) is 0 Å². The SMILES string of the molecule is O=C(/C=C/c1ccc(F)cc1)N1CCC(CNC(=O)C(F)(F)F)CC1. The minimum absolute atomic E-state index is 0.0498. The molecule has 2 rings (SSSR count). The van der Waals surface area contributed by atoms with Crippen LogP contribution in [0.2, 0.25) is 0 Å². The summed E-state index contributed by atoms with van der Waals surface area (Å²) in [6.07, 6.45) is -0.860. The van der Waals surface area contributed by atoms with Gasteiger partial charge in [0.25, 0.3) is 0 Å². The molecule has 25 heavy (non-hydrogen) atoms. The van der Waals surface area contributed by atoms with Gasteiger partial charge in [-0.15, -0.1) is 0 Å². The molecule has 1 aliphatic heterocycles. The molecule has 1 aromatic rings. The second-order valence-electron chi connectivity index (χ2n) is 5.86. The number of likely N-dealkylation sites (tertiary alicyclic amines) is 1. The van der Waals surface area contributed by atoms with E-state index in [9.17, 15) is 27.2 Å². The van der Waals surface area contributed by atoms with Crippen LogP contribution in [0.4, 0.5) is 17.6 Å². The van der Waals surface area contributed by atoms with Crippen LogP contribution in [-0.2, 0) is 9.59 Å². The van der Waals surface area contributed by atoms with Crippen LogP contribution in [-0.4, -0.2) is 42.5 Å². The van der Waals surface area contributed by atoms with Crippen LogP contribution >= 0.6 is 0 Å². The molecule has 1 aromatic carbocycles. The van der Waals surface area contributed by atoms with Crippen LogP contribution in [0, 0.1) is 11.7 Å². The Bertz CT molecular complexity index is 633. The van der Waals surface area contributed by atoms with Crippen molar-refractivity contribution in [3.05, 3.63) is 41.7 Å². The zero-order chi connectivity index (χ0) is 18.4. The van der Waals surface area contributed by atoms with Gasteiger partial charge in [0.15, 0.2) is 0 Å². The van der Waals surface area contributed by atoms with Crippen LogP contribution in [0.25, 0.3) is 6.08 Å². The number of carbonyl (C=O) groups excluding carboxylic acids is 2. The van der Waals surface area contributed by atoms with Gasteiger partial charge in [0, 0.05) is 25.7 Å². The summed E-state index contributed by atoms with van der Waals surface area (Å²) in [5, 5.41) is 1.88. The third-order valence-electron chi connectivity index (χ3n) is 4.02. The highest BCUT2D eigenvalue weighted by Crippen LogP contribution is 2.19. The van der Waals surface area contributed by atoms with Crippen molar-refractivity contribution in [2.45, 2.75) is 19.0 Å². The maximum Gasteiger partial charge on any atom is 0.471 e. The quantitative estimate of drug-likeness (QED) is 0.665. The smallest absolute Gasteiger partial charge is 0.348 e. The summed E-state index contributed by atoms with van der Waals surface area (Å²) < 4.78 is 49.2. The molecule has 1 aliphatic rings. The van der Waals surface area contributed by atoms with Gasteiger partial charge in [0.2, 0.25) is 5.91 Å². The van der Waals surface area contributed by atoms with Crippen molar-refractivity contribution in [1.29, 1.82) is 0 Å². The minimum Gasteiger partial charge on any atom is -0.348 e. The topological polar surface area (TPSA) is 49.4 Å². The Morgan fingerprint density at radius 1 is 1.16 bits per heavy atom. The number of hydrogen-bond acceptors (Lipinski definition) is 2. The molecule has 0 spiro atoms. The second kappa shape index (κ2) is 8.13. The highest BCUT2D eigenvalue weighted by atomic mass is 19.4. The Morgan fingerprint density at radius 2 is 1.76 bits per heavy atom. The molecule has 2 amide bonds. The van der Waals surface area contributed by atoms with Crippen molar-refractivity contribution in [1.82, 2.24) is 10.2 Å². The van der Waals surface area contributed by atoms with Crippen molar-refractivity contribution in [3.63, 3.8) is 0 Å². The maximum atomic E-state index is 12.8. The number of piperidine rings is 1. The average Bonchev–Trinajstić information content (AvgIpc) is 2.58. The van der Waals surface area contributed by atoms with Crippen LogP contribution in [0.1, 0.15) is 18.4 Å². The molecule has 0 aromatic heterocycles. The molecule has 1 heterocycles. The monoisotopic (exact) mass is 358 g/mol. The lowest BCUT2D eigenvalue weighted by Gasteiger charge is -2.31. The van der Waals surface area contributed by atoms with E-state index in [2.05, 4.69) is 0 Å². The molecule has 0 aliphatic carbocycles. The summed E-state index contributed by atoms with van der Waals surface area (Å²) >= 11 is 0. The summed E-state index contributed by atoms with van der Waals surface area (Å²) in [5.41, 5.74) is 0.694. The number of carbonyl (C=O) groups is 2. The first-order chi connectivity index (χ1) is 11.8. The number of halogens is 4. The number of hydrogen-bond donors (Lipinski definition) is 1. The number of rotatable bonds is 4. The van der Waals surface area contributed by atoms with Crippen LogP contribution in [0.5, 0.6) is 0 Å². The number of amides is 2. The predicted molar refractivity (Wildman–Crippen MR) is 83.8 cm³/mol. The summed E-state index contributed by atoms with van der Waals surface area (Å²) in [6.45, 7) is 0.782. The molecule has 0 radical (unpaired) electrons. The molecular weight excluding hydrogens is 340 g/mol. The van der Waals surface area contributed by atoms with E-state index >= 15 is 0 Å². The predicted octanol–water partition coefficient (Wildman–Crippen LogP) is 2.76. The maximum absolute atomic E-state index is 12.8. The van der Waals surface area contributed by atoms with Gasteiger partial charge in [-0.25, -0.2) is 4.39 Å². The van der Waals surface area contributed by atoms with E-state index in [-0.39, 0.29) is 24.2 Å². The summed E-state index contributed by atoms with van der Waals surface area (Å²) in [6, 6.07) is 5.69. The van der Waals surface area contributed by atoms with E-state index in [0.717, 1.165) is 0 Å². The molecule has 4 nitrogen and oxygen atoms in total. The van der Waals surface area contributed by atoms with E-state index in [1.54, 1.807) is 23.1 Å². The van der Waals surface area contributed by atoms with Crippen molar-refractivity contribution < 1.29 is 27.2 Å². The lowest BCUT2D eigenvalue weighted by Crippen LogP contribution is -2.43. The Hall–Kier alpha value is -2.38. The Labute approximate surface area is 142 Å². The second-order valence-corrected chi connectivity index (χ2v) is 5.86. The Balaban J connectivity index is 1.76. The van der Waals surface area contributed by atoms with Gasteiger partial charge in [-0.3, -0.25) is 9.59 Å². The first kappa shape index (κ1) is 19.0. The fourth-order valence-corrected chi connectivity index (χ4v) is 2.54. The first-order valence-corrected chi connectivity index (χ1v) is 7.83. The van der Waals surface area contributed by atoms with Gasteiger partial charge < -0.3 is 10.2 Å². The molecular formula is C17H18F4N2O2.